The molecule has 0 aliphatic rings. The van der Waals surface area contributed by atoms with Crippen LogP contribution >= 0.6 is 0 Å². The van der Waals surface area contributed by atoms with Crippen molar-refractivity contribution < 1.29 is 19.2 Å². The van der Waals surface area contributed by atoms with Crippen LogP contribution in [0.4, 0.5) is 0 Å². The normalized spacial score (nSPS) is 10.4. The lowest BCUT2D eigenvalue weighted by Gasteiger charge is -1.99. The zero-order valence-electron chi connectivity index (χ0n) is 8.54. The molecule has 2 aromatic heterocycles. The third-order valence-corrected chi connectivity index (χ3v) is 1.93. The van der Waals surface area contributed by atoms with E-state index < -0.39 is 11.9 Å². The molecule has 0 spiro atoms. The number of carbonyl (C=O) groups is 1. The van der Waals surface area contributed by atoms with Gasteiger partial charge in [-0.25, -0.2) is 9.48 Å². The molecule has 2 heterocycles. The van der Waals surface area contributed by atoms with Gasteiger partial charge in [-0.1, -0.05) is 5.16 Å². The average Bonchev–Trinajstić information content (AvgIpc) is 2.83. The molecular weight excluding hydrogens is 216 g/mol. The van der Waals surface area contributed by atoms with E-state index in [0.717, 1.165) is 0 Å². The summed E-state index contributed by atoms with van der Waals surface area (Å²) in [6, 6.07) is 0. The maximum Gasteiger partial charge on any atom is 0.394 e. The summed E-state index contributed by atoms with van der Waals surface area (Å²) in [5.41, 5.74) is 0.473. The summed E-state index contributed by atoms with van der Waals surface area (Å²) >= 11 is 0. The lowest BCUT2D eigenvalue weighted by Crippen LogP contribution is -1.97. The maximum absolute atomic E-state index is 10.6. The predicted molar refractivity (Wildman–Crippen MR) is 50.0 cm³/mol. The summed E-state index contributed by atoms with van der Waals surface area (Å²) < 4.78 is 11.1. The van der Waals surface area contributed by atoms with Gasteiger partial charge in [0.1, 0.15) is 5.56 Å². The summed E-state index contributed by atoms with van der Waals surface area (Å²) in [7, 11) is 3.15. The number of hydrogen-bond donors (Lipinski definition) is 1. The van der Waals surface area contributed by atoms with E-state index >= 15 is 0 Å². The molecule has 0 bridgehead atoms. The molecule has 0 aliphatic heterocycles. The molecule has 0 radical (unpaired) electrons. The minimum absolute atomic E-state index is 0.127. The highest BCUT2D eigenvalue weighted by molar-refractivity contribution is 5.82. The molecule has 2 aromatic rings. The molecule has 0 unspecified atom stereocenters. The molecule has 0 aromatic carbocycles. The first-order chi connectivity index (χ1) is 7.63. The van der Waals surface area contributed by atoms with Crippen molar-refractivity contribution in [2.24, 2.45) is 7.05 Å². The molecule has 1 N–H and O–H groups in total. The number of ether oxygens (including phenoxy) is 1. The standard InChI is InChI=1S/C8H8N4O4/c1-12-7(15-2)4(3-9-12)5-10-6(8(13)14)16-11-5/h3H,1-2H3,(H,13,14). The molecule has 0 aliphatic carbocycles. The van der Waals surface area contributed by atoms with Gasteiger partial charge in [-0.05, 0) is 0 Å². The number of hydrogen-bond acceptors (Lipinski definition) is 6. The van der Waals surface area contributed by atoms with Crippen molar-refractivity contribution in [3.8, 4) is 17.3 Å². The van der Waals surface area contributed by atoms with E-state index in [0.29, 0.717) is 11.4 Å². The number of nitrogens with zero attached hydrogens (tertiary/aromatic N) is 4. The van der Waals surface area contributed by atoms with Gasteiger partial charge in [0, 0.05) is 7.05 Å². The van der Waals surface area contributed by atoms with Crippen LogP contribution in [0.3, 0.4) is 0 Å². The molecule has 84 valence electrons. The van der Waals surface area contributed by atoms with Crippen molar-refractivity contribution in [1.82, 2.24) is 19.9 Å². The van der Waals surface area contributed by atoms with E-state index in [1.165, 1.54) is 18.0 Å². The van der Waals surface area contributed by atoms with E-state index in [2.05, 4.69) is 19.8 Å². The fraction of sp³-hybridized carbons (Fsp3) is 0.250. The van der Waals surface area contributed by atoms with Gasteiger partial charge in [0.15, 0.2) is 0 Å². The van der Waals surface area contributed by atoms with Gasteiger partial charge in [0.05, 0.1) is 13.3 Å². The van der Waals surface area contributed by atoms with Gasteiger partial charge in [-0.15, -0.1) is 0 Å². The first-order valence-corrected chi connectivity index (χ1v) is 4.27. The highest BCUT2D eigenvalue weighted by atomic mass is 16.5. The zero-order valence-corrected chi connectivity index (χ0v) is 8.54. The van der Waals surface area contributed by atoms with Crippen LogP contribution in [0.25, 0.3) is 11.4 Å². The van der Waals surface area contributed by atoms with Crippen LogP contribution in [0.5, 0.6) is 5.88 Å². The van der Waals surface area contributed by atoms with E-state index in [1.807, 2.05) is 0 Å². The lowest BCUT2D eigenvalue weighted by atomic mass is 10.3. The average molecular weight is 224 g/mol. The number of aromatic carboxylic acids is 1. The Morgan fingerprint density at radius 2 is 2.38 bits per heavy atom. The van der Waals surface area contributed by atoms with Gasteiger partial charge >= 0.3 is 11.9 Å². The Labute approximate surface area is 89.4 Å². The van der Waals surface area contributed by atoms with Crippen molar-refractivity contribution in [1.29, 1.82) is 0 Å². The van der Waals surface area contributed by atoms with Crippen molar-refractivity contribution in [2.75, 3.05) is 7.11 Å². The van der Waals surface area contributed by atoms with Crippen LogP contribution in [-0.4, -0.2) is 38.1 Å². The minimum Gasteiger partial charge on any atom is -0.481 e. The van der Waals surface area contributed by atoms with Crippen molar-refractivity contribution in [2.45, 2.75) is 0 Å². The Kier molecular flexibility index (Phi) is 2.31. The van der Waals surface area contributed by atoms with E-state index in [1.54, 1.807) is 7.05 Å². The molecular formula is C8H8N4O4. The first-order valence-electron chi connectivity index (χ1n) is 4.27. The summed E-state index contributed by atoms with van der Waals surface area (Å²) in [6.45, 7) is 0. The van der Waals surface area contributed by atoms with E-state index in [9.17, 15) is 4.79 Å². The quantitative estimate of drug-likeness (QED) is 0.792. The van der Waals surface area contributed by atoms with Crippen molar-refractivity contribution in [3.05, 3.63) is 12.1 Å². The number of carboxylic acid groups (broad SMARTS) is 1. The molecule has 0 saturated carbocycles. The third kappa shape index (κ3) is 1.49. The molecule has 0 saturated heterocycles. The van der Waals surface area contributed by atoms with Gasteiger partial charge in [0.25, 0.3) is 0 Å². The van der Waals surface area contributed by atoms with Crippen molar-refractivity contribution in [3.63, 3.8) is 0 Å². The monoisotopic (exact) mass is 224 g/mol. The minimum atomic E-state index is -1.28. The lowest BCUT2D eigenvalue weighted by molar-refractivity contribution is 0.0643. The maximum atomic E-state index is 10.6. The molecule has 0 amide bonds. The molecule has 8 nitrogen and oxygen atoms in total. The smallest absolute Gasteiger partial charge is 0.394 e. The van der Waals surface area contributed by atoms with Crippen LogP contribution in [0.2, 0.25) is 0 Å². The Bertz CT molecular complexity index is 530. The van der Waals surface area contributed by atoms with Crippen LogP contribution in [-0.2, 0) is 7.05 Å². The zero-order chi connectivity index (χ0) is 11.7. The van der Waals surface area contributed by atoms with E-state index in [-0.39, 0.29) is 5.82 Å². The highest BCUT2D eigenvalue weighted by Crippen LogP contribution is 2.26. The second-order valence-corrected chi connectivity index (χ2v) is 2.92. The third-order valence-electron chi connectivity index (χ3n) is 1.93. The summed E-state index contributed by atoms with van der Waals surface area (Å²) in [4.78, 5) is 14.2. The SMILES string of the molecule is COc1c(-c2noc(C(=O)O)n2)cnn1C. The topological polar surface area (TPSA) is 103 Å². The molecule has 2 rings (SSSR count). The van der Waals surface area contributed by atoms with Gasteiger partial charge in [0.2, 0.25) is 11.7 Å². The first kappa shape index (κ1) is 10.1. The van der Waals surface area contributed by atoms with Crippen LogP contribution < -0.4 is 4.74 Å². The molecule has 0 fully saturated rings. The van der Waals surface area contributed by atoms with E-state index in [4.69, 9.17) is 9.84 Å². The Hall–Kier alpha value is -2.38. The van der Waals surface area contributed by atoms with Gasteiger partial charge in [-0.2, -0.15) is 10.1 Å². The summed E-state index contributed by atoms with van der Waals surface area (Å²) in [6.07, 6.45) is 1.47. The van der Waals surface area contributed by atoms with Crippen LogP contribution in [0, 0.1) is 0 Å². The molecule has 16 heavy (non-hydrogen) atoms. The summed E-state index contributed by atoms with van der Waals surface area (Å²) in [5, 5.41) is 16.1. The number of aryl methyl sites for hydroxylation is 1. The Morgan fingerprint density at radius 3 is 2.94 bits per heavy atom. The fourth-order valence-corrected chi connectivity index (χ4v) is 1.24. The predicted octanol–water partition coefficient (Wildman–Crippen LogP) is 0.177. The van der Waals surface area contributed by atoms with Crippen LogP contribution in [0.15, 0.2) is 10.7 Å². The largest absolute Gasteiger partial charge is 0.481 e. The number of rotatable bonds is 3. The van der Waals surface area contributed by atoms with Crippen LogP contribution in [0.1, 0.15) is 10.7 Å². The second-order valence-electron chi connectivity index (χ2n) is 2.92. The second kappa shape index (κ2) is 3.65. The fourth-order valence-electron chi connectivity index (χ4n) is 1.24. The number of carboxylic acids is 1. The summed E-state index contributed by atoms with van der Waals surface area (Å²) in [5.74, 6) is -1.19. The van der Waals surface area contributed by atoms with Gasteiger partial charge in [-0.3, -0.25) is 0 Å². The number of methoxy groups -OCH3 is 1. The number of aromatic nitrogens is 4. The highest BCUT2D eigenvalue weighted by Gasteiger charge is 2.19. The molecule has 8 heteroatoms. The Morgan fingerprint density at radius 1 is 1.62 bits per heavy atom. The van der Waals surface area contributed by atoms with Gasteiger partial charge < -0.3 is 14.4 Å². The molecule has 0 atom stereocenters. The Balaban J connectivity index is 2.46. The van der Waals surface area contributed by atoms with Crippen molar-refractivity contribution >= 4 is 5.97 Å².